The third-order valence-electron chi connectivity index (χ3n) is 5.32. The molecule has 1 aliphatic rings. The number of thiazole rings is 1. The van der Waals surface area contributed by atoms with Crippen LogP contribution in [0.4, 0.5) is 0 Å². The monoisotopic (exact) mass is 373 g/mol. The number of carbonyl (C=O) groups excluding carboxylic acids is 1. The Morgan fingerprint density at radius 1 is 0.963 bits per heavy atom. The van der Waals surface area contributed by atoms with Crippen LogP contribution in [0.1, 0.15) is 34.1 Å². The van der Waals surface area contributed by atoms with Crippen molar-refractivity contribution in [2.45, 2.75) is 18.8 Å². The van der Waals surface area contributed by atoms with Gasteiger partial charge in [0.25, 0.3) is 5.91 Å². The third-order valence-corrected chi connectivity index (χ3v) is 6.52. The van der Waals surface area contributed by atoms with Gasteiger partial charge in [-0.15, -0.1) is 11.3 Å². The Labute approximate surface area is 161 Å². The quantitative estimate of drug-likeness (QED) is 0.504. The fourth-order valence-electron chi connectivity index (χ4n) is 3.85. The van der Waals surface area contributed by atoms with Crippen molar-refractivity contribution >= 4 is 38.4 Å². The molecule has 2 aromatic carbocycles. The fourth-order valence-corrected chi connectivity index (χ4v) is 4.98. The first-order chi connectivity index (χ1) is 13.3. The molecular formula is C22H19N3OS. The molecule has 3 heterocycles. The van der Waals surface area contributed by atoms with Crippen molar-refractivity contribution in [3.63, 3.8) is 0 Å². The zero-order valence-electron chi connectivity index (χ0n) is 14.8. The number of likely N-dealkylation sites (tertiary alicyclic amines) is 1. The van der Waals surface area contributed by atoms with E-state index < -0.39 is 0 Å². The molecule has 1 fully saturated rings. The summed E-state index contributed by atoms with van der Waals surface area (Å²) in [6.45, 7) is 1.55. The highest BCUT2D eigenvalue weighted by Crippen LogP contribution is 2.34. The summed E-state index contributed by atoms with van der Waals surface area (Å²) < 4.78 is 1.24. The molecule has 134 valence electrons. The van der Waals surface area contributed by atoms with Crippen molar-refractivity contribution in [3.8, 4) is 0 Å². The molecule has 5 rings (SSSR count). The van der Waals surface area contributed by atoms with Crippen LogP contribution in [0.2, 0.25) is 0 Å². The van der Waals surface area contributed by atoms with E-state index in [2.05, 4.69) is 23.2 Å². The van der Waals surface area contributed by atoms with Crippen molar-refractivity contribution in [1.29, 1.82) is 0 Å². The van der Waals surface area contributed by atoms with Crippen LogP contribution in [-0.4, -0.2) is 33.9 Å². The Morgan fingerprint density at radius 3 is 2.52 bits per heavy atom. The van der Waals surface area contributed by atoms with Crippen LogP contribution in [0.3, 0.4) is 0 Å². The molecule has 0 spiro atoms. The molecule has 0 aliphatic carbocycles. The van der Waals surface area contributed by atoms with E-state index in [0.29, 0.717) is 5.92 Å². The number of benzene rings is 2. The summed E-state index contributed by atoms with van der Waals surface area (Å²) in [5.41, 5.74) is 2.70. The summed E-state index contributed by atoms with van der Waals surface area (Å²) in [4.78, 5) is 24.2. The summed E-state index contributed by atoms with van der Waals surface area (Å²) in [5.74, 6) is 0.553. The lowest BCUT2D eigenvalue weighted by Gasteiger charge is -2.31. The van der Waals surface area contributed by atoms with E-state index in [9.17, 15) is 4.79 Å². The van der Waals surface area contributed by atoms with Crippen LogP contribution in [0.5, 0.6) is 0 Å². The average Bonchev–Trinajstić information content (AvgIpc) is 3.17. The van der Waals surface area contributed by atoms with Gasteiger partial charge in [-0.3, -0.25) is 9.78 Å². The smallest absolute Gasteiger partial charge is 0.254 e. The topological polar surface area (TPSA) is 46.1 Å². The first kappa shape index (κ1) is 16.4. The molecule has 27 heavy (non-hydrogen) atoms. The minimum Gasteiger partial charge on any atom is -0.339 e. The van der Waals surface area contributed by atoms with Gasteiger partial charge in [0.05, 0.1) is 26.3 Å². The van der Waals surface area contributed by atoms with Gasteiger partial charge in [0.1, 0.15) is 0 Å². The maximum atomic E-state index is 13.1. The van der Waals surface area contributed by atoms with Gasteiger partial charge in [-0.1, -0.05) is 30.3 Å². The van der Waals surface area contributed by atoms with Gasteiger partial charge in [-0.2, -0.15) is 0 Å². The number of nitrogens with zero attached hydrogens (tertiary/aromatic N) is 3. The first-order valence-corrected chi connectivity index (χ1v) is 10.1. The lowest BCUT2D eigenvalue weighted by Crippen LogP contribution is -2.38. The van der Waals surface area contributed by atoms with Crippen LogP contribution >= 0.6 is 11.3 Å². The molecule has 1 aliphatic heterocycles. The molecule has 4 aromatic rings. The van der Waals surface area contributed by atoms with Gasteiger partial charge < -0.3 is 4.90 Å². The van der Waals surface area contributed by atoms with E-state index in [4.69, 9.17) is 4.98 Å². The number of aromatic nitrogens is 2. The predicted octanol–water partition coefficient (Wildman–Crippen LogP) is 4.86. The zero-order chi connectivity index (χ0) is 18.2. The normalized spacial score (nSPS) is 15.5. The van der Waals surface area contributed by atoms with Crippen molar-refractivity contribution in [2.75, 3.05) is 13.1 Å². The number of pyridine rings is 1. The van der Waals surface area contributed by atoms with E-state index in [1.54, 1.807) is 17.5 Å². The summed E-state index contributed by atoms with van der Waals surface area (Å²) in [6.07, 6.45) is 3.66. The number of fused-ring (bicyclic) bond motifs is 2. The van der Waals surface area contributed by atoms with Gasteiger partial charge in [-0.25, -0.2) is 4.98 Å². The fraction of sp³-hybridized carbons (Fsp3) is 0.227. The summed E-state index contributed by atoms with van der Waals surface area (Å²) >= 11 is 1.79. The van der Waals surface area contributed by atoms with E-state index in [-0.39, 0.29) is 5.91 Å². The Kier molecular flexibility index (Phi) is 4.09. The van der Waals surface area contributed by atoms with Crippen LogP contribution in [0.25, 0.3) is 21.1 Å². The average molecular weight is 373 g/mol. The molecule has 0 radical (unpaired) electrons. The Morgan fingerprint density at radius 2 is 1.70 bits per heavy atom. The number of hydrogen-bond donors (Lipinski definition) is 0. The molecule has 5 heteroatoms. The van der Waals surface area contributed by atoms with Crippen molar-refractivity contribution in [3.05, 3.63) is 71.4 Å². The van der Waals surface area contributed by atoms with E-state index in [0.717, 1.165) is 47.9 Å². The molecule has 1 saturated heterocycles. The van der Waals surface area contributed by atoms with Gasteiger partial charge in [-0.05, 0) is 37.1 Å². The van der Waals surface area contributed by atoms with Crippen molar-refractivity contribution in [1.82, 2.24) is 14.9 Å². The molecule has 0 bridgehead atoms. The van der Waals surface area contributed by atoms with Gasteiger partial charge in [0.2, 0.25) is 0 Å². The minimum atomic E-state index is 0.108. The number of piperidine rings is 1. The second-order valence-corrected chi connectivity index (χ2v) is 8.02. The van der Waals surface area contributed by atoms with Gasteiger partial charge >= 0.3 is 0 Å². The first-order valence-electron chi connectivity index (χ1n) is 9.28. The number of hydrogen-bond acceptors (Lipinski definition) is 4. The standard InChI is InChI=1S/C22H19N3OS/c26-22(17-9-12-23-18-6-2-1-5-16(17)18)25-13-10-15(11-14-25)21-24-19-7-3-4-8-20(19)27-21/h1-9,12,15H,10-11,13-14H2. The predicted molar refractivity (Wildman–Crippen MR) is 109 cm³/mol. The maximum absolute atomic E-state index is 13.1. The molecule has 1 amide bonds. The van der Waals surface area contributed by atoms with Crippen LogP contribution in [-0.2, 0) is 0 Å². The largest absolute Gasteiger partial charge is 0.339 e. The van der Waals surface area contributed by atoms with Crippen molar-refractivity contribution < 1.29 is 4.79 Å². The molecule has 0 unspecified atom stereocenters. The van der Waals surface area contributed by atoms with E-state index in [1.165, 1.54) is 9.71 Å². The second kappa shape index (κ2) is 6.74. The Hall–Kier alpha value is -2.79. The van der Waals surface area contributed by atoms with Crippen LogP contribution in [0, 0.1) is 0 Å². The third kappa shape index (κ3) is 2.98. The molecule has 0 atom stereocenters. The SMILES string of the molecule is O=C(c1ccnc2ccccc12)N1CCC(c2nc3ccccc3s2)CC1. The molecule has 4 nitrogen and oxygen atoms in total. The number of rotatable bonds is 2. The number of amides is 1. The summed E-state index contributed by atoms with van der Waals surface area (Å²) in [6, 6.07) is 18.0. The number of para-hydroxylation sites is 2. The molecule has 0 N–H and O–H groups in total. The van der Waals surface area contributed by atoms with Crippen LogP contribution < -0.4 is 0 Å². The minimum absolute atomic E-state index is 0.108. The van der Waals surface area contributed by atoms with Gasteiger partial charge in [0.15, 0.2) is 0 Å². The van der Waals surface area contributed by atoms with Gasteiger partial charge in [0, 0.05) is 30.6 Å². The summed E-state index contributed by atoms with van der Waals surface area (Å²) in [5, 5.41) is 2.14. The zero-order valence-corrected chi connectivity index (χ0v) is 15.7. The second-order valence-electron chi connectivity index (χ2n) is 6.96. The van der Waals surface area contributed by atoms with Crippen LogP contribution in [0.15, 0.2) is 60.8 Å². The lowest BCUT2D eigenvalue weighted by atomic mass is 9.96. The highest BCUT2D eigenvalue weighted by Gasteiger charge is 2.27. The Balaban J connectivity index is 1.34. The molecule has 0 saturated carbocycles. The number of carbonyl (C=O) groups is 1. The highest BCUT2D eigenvalue weighted by atomic mass is 32.1. The lowest BCUT2D eigenvalue weighted by molar-refractivity contribution is 0.0715. The summed E-state index contributed by atoms with van der Waals surface area (Å²) in [7, 11) is 0. The van der Waals surface area contributed by atoms with E-state index in [1.807, 2.05) is 41.3 Å². The molecular weight excluding hydrogens is 354 g/mol. The van der Waals surface area contributed by atoms with Crippen molar-refractivity contribution in [2.24, 2.45) is 0 Å². The van der Waals surface area contributed by atoms with E-state index >= 15 is 0 Å². The Bertz CT molecular complexity index is 1090. The maximum Gasteiger partial charge on any atom is 0.254 e. The molecule has 2 aromatic heterocycles. The highest BCUT2D eigenvalue weighted by molar-refractivity contribution is 7.18.